The van der Waals surface area contributed by atoms with Gasteiger partial charge in [0.05, 0.1) is 0 Å². The lowest BCUT2D eigenvalue weighted by Gasteiger charge is -2.41. The number of benzene rings is 1. The van der Waals surface area contributed by atoms with E-state index in [9.17, 15) is 5.11 Å². The molecule has 1 aliphatic rings. The van der Waals surface area contributed by atoms with Crippen LogP contribution in [0, 0.1) is 0 Å². The normalized spacial score (nSPS) is 24.1. The Labute approximate surface area is 114 Å². The molecule has 0 saturated carbocycles. The molecule has 102 valence electrons. The minimum atomic E-state index is -1.42. The van der Waals surface area contributed by atoms with Crippen molar-refractivity contribution in [3.05, 3.63) is 47.5 Å². The highest BCUT2D eigenvalue weighted by Crippen LogP contribution is 2.37. The first-order valence-corrected chi connectivity index (χ1v) is 6.04. The van der Waals surface area contributed by atoms with Gasteiger partial charge in [0.2, 0.25) is 0 Å². The van der Waals surface area contributed by atoms with Crippen LogP contribution in [0.2, 0.25) is 0 Å². The molecule has 0 saturated heterocycles. The number of rotatable bonds is 3. The monoisotopic (exact) mass is 262 g/mol. The Morgan fingerprint density at radius 2 is 2.05 bits per heavy atom. The molecule has 0 radical (unpaired) electrons. The Hall–Kier alpha value is -1.65. The van der Waals surface area contributed by atoms with Crippen molar-refractivity contribution in [3.8, 4) is 0 Å². The molecule has 0 aromatic heterocycles. The first kappa shape index (κ1) is 12.4. The lowest BCUT2D eigenvalue weighted by atomic mass is 9.89. The Kier molecular flexibility index (Phi) is 3.12. The van der Waals surface area contributed by atoms with E-state index < -0.39 is 11.4 Å². The molecule has 0 aliphatic carbocycles. The summed E-state index contributed by atoms with van der Waals surface area (Å²) in [7, 11) is 1.44. The van der Waals surface area contributed by atoms with Gasteiger partial charge in [-0.3, -0.25) is 0 Å². The number of hydrogen-bond donors (Lipinski definition) is 1. The molecule has 4 heteroatoms. The van der Waals surface area contributed by atoms with Crippen LogP contribution in [-0.2, 0) is 9.57 Å². The van der Waals surface area contributed by atoms with Gasteiger partial charge in [-0.05, 0) is 26.8 Å². The minimum Gasteiger partial charge on any atom is -0.383 e. The highest BCUT2D eigenvalue weighted by atomic mass is 16.8. The summed E-state index contributed by atoms with van der Waals surface area (Å²) in [5.41, 5.74) is 0.713. The molecule has 4 nitrogen and oxygen atoms in total. The molecule has 0 fully saturated rings. The van der Waals surface area contributed by atoms with E-state index in [4.69, 9.17) is 10.9 Å². The van der Waals surface area contributed by atoms with Gasteiger partial charge in [0.15, 0.2) is 0 Å². The Morgan fingerprint density at radius 3 is 2.58 bits per heavy atom. The molecule has 19 heavy (non-hydrogen) atoms. The second-order valence-corrected chi connectivity index (χ2v) is 4.98. The van der Waals surface area contributed by atoms with Gasteiger partial charge in [0.25, 0.3) is 5.79 Å². The average molecular weight is 262 g/mol. The fourth-order valence-corrected chi connectivity index (χ4v) is 2.13. The van der Waals surface area contributed by atoms with Crippen LogP contribution >= 0.6 is 0 Å². The molecule has 0 spiro atoms. The van der Waals surface area contributed by atoms with Crippen molar-refractivity contribution in [2.45, 2.75) is 32.1 Å². The number of allylic oxidation sites excluding steroid dienone is 1. The SMILES string of the molecule is [2H]CC1=CC(c2ccccc2)=NOC1(OC)C(C)(C)O. The van der Waals surface area contributed by atoms with Crippen molar-refractivity contribution in [2.24, 2.45) is 5.16 Å². The van der Waals surface area contributed by atoms with E-state index >= 15 is 0 Å². The Morgan fingerprint density at radius 1 is 1.37 bits per heavy atom. The summed E-state index contributed by atoms with van der Waals surface area (Å²) in [6, 6.07) is 9.54. The summed E-state index contributed by atoms with van der Waals surface area (Å²) in [6.07, 6.45) is 1.74. The van der Waals surface area contributed by atoms with Crippen molar-refractivity contribution in [1.29, 1.82) is 0 Å². The Balaban J connectivity index is 2.43. The zero-order valence-electron chi connectivity index (χ0n) is 12.4. The van der Waals surface area contributed by atoms with E-state index in [0.717, 1.165) is 5.56 Å². The van der Waals surface area contributed by atoms with E-state index in [-0.39, 0.29) is 6.90 Å². The fourth-order valence-electron chi connectivity index (χ4n) is 2.13. The second kappa shape index (κ2) is 4.79. The maximum absolute atomic E-state index is 10.3. The minimum absolute atomic E-state index is 0.0519. The maximum Gasteiger partial charge on any atom is 0.287 e. The number of aliphatic hydroxyl groups is 1. The number of oxime groups is 1. The van der Waals surface area contributed by atoms with E-state index in [1.165, 1.54) is 7.11 Å². The van der Waals surface area contributed by atoms with Gasteiger partial charge in [-0.15, -0.1) is 0 Å². The van der Waals surface area contributed by atoms with E-state index in [0.29, 0.717) is 11.3 Å². The van der Waals surface area contributed by atoms with Crippen molar-refractivity contribution in [1.82, 2.24) is 0 Å². The average Bonchev–Trinajstić information content (AvgIpc) is 2.46. The molecule has 0 bridgehead atoms. The zero-order chi connectivity index (χ0) is 14.8. The number of hydrogen-bond acceptors (Lipinski definition) is 4. The van der Waals surface area contributed by atoms with Crippen LogP contribution in [0.15, 0.2) is 47.1 Å². The highest BCUT2D eigenvalue weighted by molar-refractivity contribution is 6.09. The topological polar surface area (TPSA) is 51.0 Å². The standard InChI is InChI=1S/C15H19NO3/c1-11-10-13(12-8-6-5-7-9-12)16-19-15(11,18-4)14(2,3)17/h5-10,17H,1-4H3/i1D. The molecule has 0 amide bonds. The molecule has 1 heterocycles. The van der Waals surface area contributed by atoms with Gasteiger partial charge >= 0.3 is 0 Å². The third-order valence-corrected chi connectivity index (χ3v) is 3.17. The number of nitrogens with zero attached hydrogens (tertiary/aromatic N) is 1. The lowest BCUT2D eigenvalue weighted by molar-refractivity contribution is -0.280. The van der Waals surface area contributed by atoms with Gasteiger partial charge in [-0.2, -0.15) is 0 Å². The van der Waals surface area contributed by atoms with Crippen molar-refractivity contribution < 1.29 is 16.1 Å². The van der Waals surface area contributed by atoms with Gasteiger partial charge in [-0.1, -0.05) is 35.5 Å². The van der Waals surface area contributed by atoms with Gasteiger partial charge in [-0.25, -0.2) is 0 Å². The maximum atomic E-state index is 10.3. The van der Waals surface area contributed by atoms with Crippen molar-refractivity contribution in [3.63, 3.8) is 0 Å². The summed E-state index contributed by atoms with van der Waals surface area (Å²) in [5.74, 6) is -1.42. The lowest BCUT2D eigenvalue weighted by Crippen LogP contribution is -2.55. The van der Waals surface area contributed by atoms with Crippen LogP contribution in [-0.4, -0.2) is 29.3 Å². The number of methoxy groups -OCH3 is 1. The van der Waals surface area contributed by atoms with Gasteiger partial charge in [0.1, 0.15) is 11.3 Å². The van der Waals surface area contributed by atoms with E-state index in [1.54, 1.807) is 19.9 Å². The van der Waals surface area contributed by atoms with Crippen molar-refractivity contribution in [2.75, 3.05) is 7.11 Å². The van der Waals surface area contributed by atoms with Gasteiger partial charge in [0, 0.05) is 19.6 Å². The molecule has 1 aromatic rings. The van der Waals surface area contributed by atoms with Crippen LogP contribution in [0.1, 0.15) is 27.7 Å². The van der Waals surface area contributed by atoms with Gasteiger partial charge < -0.3 is 14.7 Å². The zero-order valence-corrected chi connectivity index (χ0v) is 11.4. The third kappa shape index (κ3) is 2.29. The van der Waals surface area contributed by atoms with E-state index in [1.807, 2.05) is 30.3 Å². The summed E-state index contributed by atoms with van der Waals surface area (Å²) in [5, 5.41) is 14.4. The summed E-state index contributed by atoms with van der Waals surface area (Å²) < 4.78 is 13.1. The molecule has 1 N–H and O–H groups in total. The van der Waals surface area contributed by atoms with Crippen LogP contribution in [0.4, 0.5) is 0 Å². The highest BCUT2D eigenvalue weighted by Gasteiger charge is 2.51. The second-order valence-electron chi connectivity index (χ2n) is 4.98. The van der Waals surface area contributed by atoms with E-state index in [2.05, 4.69) is 5.16 Å². The van der Waals surface area contributed by atoms with Crippen molar-refractivity contribution >= 4 is 5.71 Å². The molecule has 1 atom stereocenters. The first-order chi connectivity index (χ1) is 9.44. The predicted molar refractivity (Wildman–Crippen MR) is 73.9 cm³/mol. The van der Waals surface area contributed by atoms with Crippen LogP contribution < -0.4 is 0 Å². The Bertz CT molecular complexity index is 534. The predicted octanol–water partition coefficient (Wildman–Crippen LogP) is 2.48. The molecule has 2 rings (SSSR count). The van der Waals surface area contributed by atoms with Crippen LogP contribution in [0.5, 0.6) is 0 Å². The van der Waals surface area contributed by atoms with Crippen LogP contribution in [0.3, 0.4) is 0 Å². The molecule has 1 aliphatic heterocycles. The summed E-state index contributed by atoms with van der Waals surface area (Å²) in [6.45, 7) is 3.09. The van der Waals surface area contributed by atoms with Crippen LogP contribution in [0.25, 0.3) is 0 Å². The summed E-state index contributed by atoms with van der Waals surface area (Å²) >= 11 is 0. The third-order valence-electron chi connectivity index (χ3n) is 3.17. The first-order valence-electron chi connectivity index (χ1n) is 6.74. The molecule has 1 unspecified atom stereocenters. The molecular formula is C15H19NO3. The quantitative estimate of drug-likeness (QED) is 0.910. The smallest absolute Gasteiger partial charge is 0.287 e. The fraction of sp³-hybridized carbons (Fsp3) is 0.400. The number of ether oxygens (including phenoxy) is 1. The largest absolute Gasteiger partial charge is 0.383 e. The molecular weight excluding hydrogens is 242 g/mol. The molecule has 1 aromatic carbocycles. The summed E-state index contributed by atoms with van der Waals surface area (Å²) in [4.78, 5) is 5.48.